The number of pyridine rings is 1. The number of rotatable bonds is 0. The largest absolute Gasteiger partial charge is 1.00 e. The summed E-state index contributed by atoms with van der Waals surface area (Å²) < 4.78 is 0. The van der Waals surface area contributed by atoms with Crippen LogP contribution in [0.2, 0.25) is 0 Å². The molecule has 0 saturated carbocycles. The molecule has 0 bridgehead atoms. The van der Waals surface area contributed by atoms with Crippen LogP contribution in [-0.2, 0) is 0 Å². The maximum absolute atomic E-state index is 8.25. The first-order valence-corrected chi connectivity index (χ1v) is 2.23. The molecule has 0 aliphatic carbocycles. The first kappa shape index (κ1) is 12.3. The van der Waals surface area contributed by atoms with Gasteiger partial charge in [0, 0.05) is 12.4 Å². The van der Waals surface area contributed by atoms with Crippen molar-refractivity contribution in [1.82, 2.24) is 4.98 Å². The molecule has 0 amide bonds. The molecule has 0 radical (unpaired) electrons. The molecule has 0 atom stereocenters. The van der Waals surface area contributed by atoms with Crippen molar-refractivity contribution in [2.24, 2.45) is 0 Å². The Kier molecular flexibility index (Phi) is 8.26. The summed E-state index contributed by atoms with van der Waals surface area (Å²) in [5.74, 6) is 0. The molecular weight excluding hydrogens is 139 g/mol. The van der Waals surface area contributed by atoms with Crippen molar-refractivity contribution >= 4 is 0 Å². The fraction of sp³-hybridized carbons (Fsp3) is 0. The van der Waals surface area contributed by atoms with Gasteiger partial charge in [-0.25, -0.2) is 0 Å². The Labute approximate surface area is 81.3 Å². The van der Waals surface area contributed by atoms with Crippen molar-refractivity contribution in [1.29, 1.82) is 5.26 Å². The molecule has 0 spiro atoms. The summed E-state index contributed by atoms with van der Waals surface area (Å²) in [4.78, 5) is 3.73. The Hall–Kier alpha value is -0.400. The Morgan fingerprint density at radius 1 is 1.50 bits per heavy atom. The summed E-state index contributed by atoms with van der Waals surface area (Å²) in [7, 11) is 0. The fourth-order valence-corrected chi connectivity index (χ4v) is 0.429. The van der Waals surface area contributed by atoms with E-state index in [-0.39, 0.29) is 35.0 Å². The van der Waals surface area contributed by atoms with Crippen molar-refractivity contribution in [2.45, 2.75) is 0 Å². The molecule has 0 fully saturated rings. The number of hydrogen-bond donors (Lipinski definition) is 0. The maximum Gasteiger partial charge on any atom is 1.00 e. The second-order valence-corrected chi connectivity index (χ2v) is 1.35. The van der Waals surface area contributed by atoms with Gasteiger partial charge < -0.3 is 5.48 Å². The molecule has 0 saturated heterocycles. The molecule has 0 aliphatic heterocycles. The fourth-order valence-electron chi connectivity index (χ4n) is 0.429. The standard InChI is InChI=1S/C6H4N2.Na.H2O/c7-4-6-2-1-3-8-5-6;;/h1-3,5H;;1H2/q;+1;/p-1. The van der Waals surface area contributed by atoms with Crippen LogP contribution in [-0.4, -0.2) is 10.5 Å². The summed E-state index contributed by atoms with van der Waals surface area (Å²) in [5, 5.41) is 8.25. The van der Waals surface area contributed by atoms with Gasteiger partial charge >= 0.3 is 29.6 Å². The van der Waals surface area contributed by atoms with Crippen molar-refractivity contribution < 1.29 is 35.0 Å². The normalized spacial score (nSPS) is 6.30. The second-order valence-electron chi connectivity index (χ2n) is 1.35. The van der Waals surface area contributed by atoms with Gasteiger partial charge in [0.05, 0.1) is 5.56 Å². The van der Waals surface area contributed by atoms with Crippen LogP contribution in [0.15, 0.2) is 24.5 Å². The maximum atomic E-state index is 8.25. The van der Waals surface area contributed by atoms with Crippen LogP contribution in [0.4, 0.5) is 0 Å². The molecule has 46 valence electrons. The van der Waals surface area contributed by atoms with E-state index in [1.165, 1.54) is 6.20 Å². The Bertz CT molecular complexity index is 207. The van der Waals surface area contributed by atoms with E-state index in [2.05, 4.69) is 4.98 Å². The molecule has 0 aromatic carbocycles. The molecule has 3 nitrogen and oxygen atoms in total. The summed E-state index contributed by atoms with van der Waals surface area (Å²) in [5.41, 5.74) is 0.604. The average Bonchev–Trinajstić information content (AvgIpc) is 1.90. The molecular formula is C6H5N2NaO. The van der Waals surface area contributed by atoms with Crippen LogP contribution in [0.3, 0.4) is 0 Å². The van der Waals surface area contributed by atoms with Gasteiger partial charge in [0.15, 0.2) is 0 Å². The molecule has 1 heterocycles. The number of hydrogen-bond acceptors (Lipinski definition) is 3. The molecule has 1 N–H and O–H groups in total. The molecule has 1 aromatic rings. The minimum atomic E-state index is 0. The summed E-state index contributed by atoms with van der Waals surface area (Å²) in [6.07, 6.45) is 3.17. The molecule has 1 rings (SSSR count). The van der Waals surface area contributed by atoms with E-state index in [0.717, 1.165) is 0 Å². The van der Waals surface area contributed by atoms with E-state index in [4.69, 9.17) is 5.26 Å². The smallest absolute Gasteiger partial charge is 0.870 e. The first-order chi connectivity index (χ1) is 3.93. The van der Waals surface area contributed by atoms with Crippen molar-refractivity contribution in [2.75, 3.05) is 0 Å². The summed E-state index contributed by atoms with van der Waals surface area (Å²) >= 11 is 0. The third-order valence-electron chi connectivity index (χ3n) is 0.791. The van der Waals surface area contributed by atoms with E-state index in [0.29, 0.717) is 5.56 Å². The van der Waals surface area contributed by atoms with Crippen LogP contribution in [0.5, 0.6) is 0 Å². The third kappa shape index (κ3) is 3.59. The monoisotopic (exact) mass is 144 g/mol. The molecule has 10 heavy (non-hydrogen) atoms. The summed E-state index contributed by atoms with van der Waals surface area (Å²) in [6.45, 7) is 0. The van der Waals surface area contributed by atoms with Gasteiger partial charge in [0.25, 0.3) is 0 Å². The minimum Gasteiger partial charge on any atom is -0.870 e. The zero-order chi connectivity index (χ0) is 5.82. The molecule has 4 heteroatoms. The van der Waals surface area contributed by atoms with Gasteiger partial charge in [0.2, 0.25) is 0 Å². The quantitative estimate of drug-likeness (QED) is 0.387. The number of nitrogens with zero attached hydrogens (tertiary/aromatic N) is 2. The van der Waals surface area contributed by atoms with Gasteiger partial charge in [-0.2, -0.15) is 5.26 Å². The number of nitriles is 1. The topological polar surface area (TPSA) is 66.7 Å². The minimum absolute atomic E-state index is 0. The van der Waals surface area contributed by atoms with E-state index in [9.17, 15) is 0 Å². The Balaban J connectivity index is 0. The Morgan fingerprint density at radius 3 is 2.50 bits per heavy atom. The van der Waals surface area contributed by atoms with Crippen LogP contribution >= 0.6 is 0 Å². The molecule has 0 aliphatic rings. The van der Waals surface area contributed by atoms with Gasteiger partial charge in [-0.15, -0.1) is 0 Å². The average molecular weight is 144 g/mol. The van der Waals surface area contributed by atoms with Crippen LogP contribution in [0, 0.1) is 11.3 Å². The van der Waals surface area contributed by atoms with Gasteiger partial charge in [0.1, 0.15) is 6.07 Å². The van der Waals surface area contributed by atoms with E-state index >= 15 is 0 Å². The predicted octanol–water partition coefficient (Wildman–Crippen LogP) is -2.22. The second kappa shape index (κ2) is 6.72. The molecule has 0 unspecified atom stereocenters. The summed E-state index contributed by atoms with van der Waals surface area (Å²) in [6, 6.07) is 5.41. The SMILES string of the molecule is N#Cc1cccnc1.[Na+].[OH-]. The van der Waals surface area contributed by atoms with Crippen LogP contribution in [0.25, 0.3) is 0 Å². The number of aromatic nitrogens is 1. The molecule has 1 aromatic heterocycles. The van der Waals surface area contributed by atoms with E-state index in [1.54, 1.807) is 18.3 Å². The van der Waals surface area contributed by atoms with Crippen molar-refractivity contribution in [3.05, 3.63) is 30.1 Å². The third-order valence-corrected chi connectivity index (χ3v) is 0.791. The van der Waals surface area contributed by atoms with E-state index in [1.807, 2.05) is 6.07 Å². The van der Waals surface area contributed by atoms with E-state index < -0.39 is 0 Å². The predicted molar refractivity (Wildman–Crippen MR) is 30.9 cm³/mol. The zero-order valence-corrected chi connectivity index (χ0v) is 7.65. The first-order valence-electron chi connectivity index (χ1n) is 2.23. The van der Waals surface area contributed by atoms with Crippen LogP contribution in [0.1, 0.15) is 5.56 Å². The zero-order valence-electron chi connectivity index (χ0n) is 5.65. The van der Waals surface area contributed by atoms with Crippen LogP contribution < -0.4 is 29.6 Å². The van der Waals surface area contributed by atoms with Gasteiger partial charge in [-0.05, 0) is 12.1 Å². The Morgan fingerprint density at radius 2 is 2.20 bits per heavy atom. The van der Waals surface area contributed by atoms with Gasteiger partial charge in [-0.1, -0.05) is 0 Å². The van der Waals surface area contributed by atoms with Gasteiger partial charge in [-0.3, -0.25) is 4.98 Å². The van der Waals surface area contributed by atoms with Crippen molar-refractivity contribution in [3.8, 4) is 6.07 Å². The van der Waals surface area contributed by atoms with Crippen molar-refractivity contribution in [3.63, 3.8) is 0 Å².